The average Bonchev–Trinajstić information content (AvgIpc) is 3.18. The van der Waals surface area contributed by atoms with Gasteiger partial charge in [-0.1, -0.05) is 13.3 Å². The molecule has 1 aliphatic carbocycles. The van der Waals surface area contributed by atoms with Crippen LogP contribution in [0.1, 0.15) is 38.2 Å². The molecular formula is C14H18BrF2N. The number of rotatable bonds is 6. The van der Waals surface area contributed by atoms with Crippen LogP contribution in [0.5, 0.6) is 0 Å². The Kier molecular flexibility index (Phi) is 4.73. The number of nitrogens with zero attached hydrogens (tertiary/aromatic N) is 1. The molecule has 0 unspecified atom stereocenters. The molecular weight excluding hydrogens is 300 g/mol. The second-order valence-electron chi connectivity index (χ2n) is 4.88. The zero-order valence-corrected chi connectivity index (χ0v) is 12.1. The van der Waals surface area contributed by atoms with Crippen LogP contribution in [0.4, 0.5) is 8.78 Å². The minimum absolute atomic E-state index is 0.187. The van der Waals surface area contributed by atoms with Crippen molar-refractivity contribution in [1.82, 2.24) is 4.90 Å². The normalized spacial score (nSPS) is 15.4. The Morgan fingerprint density at radius 3 is 2.67 bits per heavy atom. The predicted octanol–water partition coefficient (Wildman–Crippen LogP) is 4.49. The zero-order chi connectivity index (χ0) is 13.1. The molecule has 100 valence electrons. The van der Waals surface area contributed by atoms with Crippen molar-refractivity contribution in [2.45, 2.75) is 45.2 Å². The van der Waals surface area contributed by atoms with Gasteiger partial charge in [0.05, 0.1) is 4.47 Å². The molecule has 0 spiro atoms. The van der Waals surface area contributed by atoms with Crippen LogP contribution in [0.25, 0.3) is 0 Å². The van der Waals surface area contributed by atoms with Crippen molar-refractivity contribution in [2.75, 3.05) is 6.54 Å². The summed E-state index contributed by atoms with van der Waals surface area (Å²) >= 11 is 3.12. The van der Waals surface area contributed by atoms with Gasteiger partial charge in [-0.15, -0.1) is 0 Å². The number of unbranched alkanes of at least 4 members (excludes halogenated alkanes) is 1. The molecule has 0 atom stereocenters. The summed E-state index contributed by atoms with van der Waals surface area (Å²) in [4.78, 5) is 2.21. The zero-order valence-electron chi connectivity index (χ0n) is 10.6. The molecule has 0 bridgehead atoms. The maximum atomic E-state index is 13.9. The van der Waals surface area contributed by atoms with E-state index in [0.717, 1.165) is 32.2 Å². The topological polar surface area (TPSA) is 3.24 Å². The van der Waals surface area contributed by atoms with Gasteiger partial charge in [0, 0.05) is 18.2 Å². The average molecular weight is 318 g/mol. The van der Waals surface area contributed by atoms with Crippen molar-refractivity contribution in [3.8, 4) is 0 Å². The Labute approximate surface area is 115 Å². The standard InChI is InChI=1S/C14H18BrF2N/c1-2-3-8-18(10-4-5-10)9-11-13(16)7-6-12(15)14(11)17/h6-7,10H,2-5,8-9H2,1H3. The highest BCUT2D eigenvalue weighted by Gasteiger charge is 2.29. The third kappa shape index (κ3) is 3.29. The summed E-state index contributed by atoms with van der Waals surface area (Å²) in [5.74, 6) is -0.907. The molecule has 0 radical (unpaired) electrons. The summed E-state index contributed by atoms with van der Waals surface area (Å²) < 4.78 is 28.0. The number of benzene rings is 1. The largest absolute Gasteiger partial charge is 0.296 e. The summed E-state index contributed by atoms with van der Waals surface area (Å²) in [5.41, 5.74) is 0.187. The third-order valence-electron chi connectivity index (χ3n) is 3.36. The maximum absolute atomic E-state index is 13.9. The molecule has 1 aromatic carbocycles. The van der Waals surface area contributed by atoms with Gasteiger partial charge in [-0.2, -0.15) is 0 Å². The second kappa shape index (κ2) is 6.11. The van der Waals surface area contributed by atoms with Gasteiger partial charge in [0.1, 0.15) is 11.6 Å². The molecule has 1 fully saturated rings. The van der Waals surface area contributed by atoms with Gasteiger partial charge in [-0.05, 0) is 53.9 Å². The highest BCUT2D eigenvalue weighted by Crippen LogP contribution is 2.30. The first-order valence-electron chi connectivity index (χ1n) is 6.50. The lowest BCUT2D eigenvalue weighted by Crippen LogP contribution is -2.27. The number of halogens is 3. The van der Waals surface area contributed by atoms with E-state index >= 15 is 0 Å². The van der Waals surface area contributed by atoms with Gasteiger partial charge in [0.2, 0.25) is 0 Å². The van der Waals surface area contributed by atoms with E-state index in [1.807, 2.05) is 0 Å². The van der Waals surface area contributed by atoms with Crippen LogP contribution in [0.2, 0.25) is 0 Å². The van der Waals surface area contributed by atoms with Crippen LogP contribution in [0.15, 0.2) is 16.6 Å². The first-order chi connectivity index (χ1) is 8.63. The molecule has 1 aromatic rings. The molecule has 1 saturated carbocycles. The second-order valence-corrected chi connectivity index (χ2v) is 5.73. The van der Waals surface area contributed by atoms with Crippen LogP contribution in [0, 0.1) is 11.6 Å². The lowest BCUT2D eigenvalue weighted by atomic mass is 10.1. The smallest absolute Gasteiger partial charge is 0.144 e. The monoisotopic (exact) mass is 317 g/mol. The Hall–Kier alpha value is -0.480. The summed E-state index contributed by atoms with van der Waals surface area (Å²) in [5, 5.41) is 0. The van der Waals surface area contributed by atoms with Gasteiger partial charge in [0.25, 0.3) is 0 Å². The Morgan fingerprint density at radius 2 is 2.06 bits per heavy atom. The molecule has 2 rings (SSSR count). The van der Waals surface area contributed by atoms with Gasteiger partial charge in [-0.25, -0.2) is 8.78 Å². The summed E-state index contributed by atoms with van der Waals surface area (Å²) in [6.45, 7) is 3.43. The predicted molar refractivity (Wildman–Crippen MR) is 72.4 cm³/mol. The highest BCUT2D eigenvalue weighted by atomic mass is 79.9. The Balaban J connectivity index is 2.13. The van der Waals surface area contributed by atoms with E-state index in [0.29, 0.717) is 17.1 Å². The van der Waals surface area contributed by atoms with Gasteiger partial charge < -0.3 is 0 Å². The van der Waals surface area contributed by atoms with E-state index in [2.05, 4.69) is 27.8 Å². The molecule has 1 aliphatic rings. The maximum Gasteiger partial charge on any atom is 0.144 e. The van der Waals surface area contributed by atoms with Crippen LogP contribution in [0.3, 0.4) is 0 Å². The lowest BCUT2D eigenvalue weighted by molar-refractivity contribution is 0.243. The molecule has 0 N–H and O–H groups in total. The van der Waals surface area contributed by atoms with E-state index in [1.165, 1.54) is 12.1 Å². The minimum atomic E-state index is -0.461. The molecule has 1 nitrogen and oxygen atoms in total. The summed E-state index contributed by atoms with van der Waals surface area (Å²) in [7, 11) is 0. The van der Waals surface area contributed by atoms with E-state index in [1.54, 1.807) is 0 Å². The highest BCUT2D eigenvalue weighted by molar-refractivity contribution is 9.10. The van der Waals surface area contributed by atoms with E-state index in [9.17, 15) is 8.78 Å². The fraction of sp³-hybridized carbons (Fsp3) is 0.571. The molecule has 0 aliphatic heterocycles. The Morgan fingerprint density at radius 1 is 1.33 bits per heavy atom. The molecule has 0 heterocycles. The number of hydrogen-bond acceptors (Lipinski definition) is 1. The van der Waals surface area contributed by atoms with Gasteiger partial charge in [-0.3, -0.25) is 4.90 Å². The molecule has 18 heavy (non-hydrogen) atoms. The van der Waals surface area contributed by atoms with Crippen molar-refractivity contribution in [3.63, 3.8) is 0 Å². The fourth-order valence-corrected chi connectivity index (χ4v) is 2.48. The van der Waals surface area contributed by atoms with Crippen LogP contribution in [-0.2, 0) is 6.54 Å². The quantitative estimate of drug-likeness (QED) is 0.699. The lowest BCUT2D eigenvalue weighted by Gasteiger charge is -2.22. The SMILES string of the molecule is CCCCN(Cc1c(F)ccc(Br)c1F)C1CC1. The van der Waals surface area contributed by atoms with Crippen LogP contribution < -0.4 is 0 Å². The van der Waals surface area contributed by atoms with Crippen molar-refractivity contribution >= 4 is 15.9 Å². The van der Waals surface area contributed by atoms with E-state index in [-0.39, 0.29) is 5.56 Å². The van der Waals surface area contributed by atoms with Crippen LogP contribution >= 0.6 is 15.9 Å². The first-order valence-corrected chi connectivity index (χ1v) is 7.29. The van der Waals surface area contributed by atoms with Crippen molar-refractivity contribution < 1.29 is 8.78 Å². The number of hydrogen-bond donors (Lipinski definition) is 0. The van der Waals surface area contributed by atoms with Crippen molar-refractivity contribution in [2.24, 2.45) is 0 Å². The Bertz CT molecular complexity index is 419. The first kappa shape index (κ1) is 13.9. The van der Waals surface area contributed by atoms with Crippen LogP contribution in [-0.4, -0.2) is 17.5 Å². The van der Waals surface area contributed by atoms with E-state index < -0.39 is 11.6 Å². The van der Waals surface area contributed by atoms with E-state index in [4.69, 9.17) is 0 Å². The molecule has 0 saturated heterocycles. The summed E-state index contributed by atoms with van der Waals surface area (Å²) in [6, 6.07) is 3.27. The van der Waals surface area contributed by atoms with Gasteiger partial charge >= 0.3 is 0 Å². The van der Waals surface area contributed by atoms with Gasteiger partial charge in [0.15, 0.2) is 0 Å². The summed E-state index contributed by atoms with van der Waals surface area (Å²) in [6.07, 6.45) is 4.49. The molecule has 0 aromatic heterocycles. The van der Waals surface area contributed by atoms with Crippen molar-refractivity contribution in [3.05, 3.63) is 33.8 Å². The fourth-order valence-electron chi connectivity index (χ4n) is 2.11. The molecule has 0 amide bonds. The van der Waals surface area contributed by atoms with Crippen molar-refractivity contribution in [1.29, 1.82) is 0 Å². The minimum Gasteiger partial charge on any atom is -0.296 e. The molecule has 4 heteroatoms. The third-order valence-corrected chi connectivity index (χ3v) is 3.97.